The Labute approximate surface area is 83.9 Å². The Morgan fingerprint density at radius 1 is 1.21 bits per heavy atom. The van der Waals surface area contributed by atoms with E-state index in [0.717, 1.165) is 24.1 Å². The lowest BCUT2D eigenvalue weighted by molar-refractivity contribution is 0.130. The minimum absolute atomic E-state index is 0.554. The average Bonchev–Trinajstić information content (AvgIpc) is 2.72. The molecule has 0 spiro atoms. The zero-order valence-electron chi connectivity index (χ0n) is 8.02. The van der Waals surface area contributed by atoms with Gasteiger partial charge in [0.15, 0.2) is 0 Å². The normalized spacial score (nSPS) is 17.6. The van der Waals surface area contributed by atoms with Crippen LogP contribution in [0.25, 0.3) is 0 Å². The Balaban J connectivity index is 1.83. The van der Waals surface area contributed by atoms with Gasteiger partial charge in [-0.15, -0.1) is 0 Å². The summed E-state index contributed by atoms with van der Waals surface area (Å²) >= 11 is 0. The molecule has 2 heteroatoms. The fourth-order valence-corrected chi connectivity index (χ4v) is 1.37. The van der Waals surface area contributed by atoms with Gasteiger partial charge in [0.05, 0.1) is 5.71 Å². The third kappa shape index (κ3) is 2.46. The van der Waals surface area contributed by atoms with Crippen molar-refractivity contribution >= 4 is 5.71 Å². The molecule has 1 aliphatic carbocycles. The molecule has 2 rings (SSSR count). The number of hydrogen-bond donors (Lipinski definition) is 0. The summed E-state index contributed by atoms with van der Waals surface area (Å²) in [7, 11) is 0. The standard InChI is InChI=1S/C12H13NO/c1-2-6-11(7-3-1)10-14-13-12-8-4-5-9-12/h1-4,6-8H,5,9-10H2/b13-12-. The van der Waals surface area contributed by atoms with Gasteiger partial charge >= 0.3 is 0 Å². The van der Waals surface area contributed by atoms with E-state index in [0.29, 0.717) is 6.61 Å². The lowest BCUT2D eigenvalue weighted by Crippen LogP contribution is -1.91. The number of benzene rings is 1. The van der Waals surface area contributed by atoms with Crippen LogP contribution in [-0.4, -0.2) is 5.71 Å². The molecule has 0 heterocycles. The molecule has 0 unspecified atom stereocenters. The van der Waals surface area contributed by atoms with Crippen LogP contribution < -0.4 is 0 Å². The molecule has 0 bridgehead atoms. The van der Waals surface area contributed by atoms with Crippen molar-refractivity contribution in [2.45, 2.75) is 19.4 Å². The van der Waals surface area contributed by atoms with Crippen molar-refractivity contribution in [3.05, 3.63) is 48.0 Å². The van der Waals surface area contributed by atoms with Gasteiger partial charge in [0.25, 0.3) is 0 Å². The lowest BCUT2D eigenvalue weighted by Gasteiger charge is -1.99. The van der Waals surface area contributed by atoms with Crippen LogP contribution >= 0.6 is 0 Å². The van der Waals surface area contributed by atoms with E-state index in [4.69, 9.17) is 4.84 Å². The molecule has 0 saturated heterocycles. The van der Waals surface area contributed by atoms with Gasteiger partial charge in [-0.1, -0.05) is 41.6 Å². The monoisotopic (exact) mass is 187 g/mol. The molecule has 0 N–H and O–H groups in total. The van der Waals surface area contributed by atoms with Gasteiger partial charge in [0, 0.05) is 0 Å². The van der Waals surface area contributed by atoms with Crippen LogP contribution in [0.5, 0.6) is 0 Å². The highest BCUT2D eigenvalue weighted by atomic mass is 16.6. The van der Waals surface area contributed by atoms with Crippen LogP contribution in [0.2, 0.25) is 0 Å². The molecule has 0 aliphatic heterocycles. The van der Waals surface area contributed by atoms with Crippen LogP contribution in [-0.2, 0) is 11.4 Å². The zero-order valence-corrected chi connectivity index (χ0v) is 8.02. The summed E-state index contributed by atoms with van der Waals surface area (Å²) in [6.45, 7) is 0.554. The van der Waals surface area contributed by atoms with Crippen molar-refractivity contribution in [3.8, 4) is 0 Å². The van der Waals surface area contributed by atoms with E-state index in [2.05, 4.69) is 11.2 Å². The molecule has 0 atom stereocenters. The molecular weight excluding hydrogens is 174 g/mol. The van der Waals surface area contributed by atoms with Crippen molar-refractivity contribution in [2.24, 2.45) is 5.16 Å². The van der Waals surface area contributed by atoms with Gasteiger partial charge < -0.3 is 4.84 Å². The highest BCUT2D eigenvalue weighted by Crippen LogP contribution is 2.07. The topological polar surface area (TPSA) is 21.6 Å². The van der Waals surface area contributed by atoms with E-state index in [-0.39, 0.29) is 0 Å². The molecule has 1 aromatic rings. The van der Waals surface area contributed by atoms with Crippen molar-refractivity contribution in [1.82, 2.24) is 0 Å². The largest absolute Gasteiger partial charge is 0.391 e. The first kappa shape index (κ1) is 9.00. The Bertz CT molecular complexity index is 341. The molecule has 2 nitrogen and oxygen atoms in total. The van der Waals surface area contributed by atoms with Gasteiger partial charge in [0.1, 0.15) is 6.61 Å². The van der Waals surface area contributed by atoms with Gasteiger partial charge in [-0.2, -0.15) is 0 Å². The number of nitrogens with zero attached hydrogens (tertiary/aromatic N) is 1. The third-order valence-electron chi connectivity index (χ3n) is 2.13. The highest BCUT2D eigenvalue weighted by molar-refractivity contribution is 5.96. The number of allylic oxidation sites excluding steroid dienone is 2. The fraction of sp³-hybridized carbons (Fsp3) is 0.250. The predicted molar refractivity (Wildman–Crippen MR) is 57.0 cm³/mol. The molecule has 72 valence electrons. The fourth-order valence-electron chi connectivity index (χ4n) is 1.37. The minimum Gasteiger partial charge on any atom is -0.391 e. The van der Waals surface area contributed by atoms with Crippen LogP contribution in [0.3, 0.4) is 0 Å². The van der Waals surface area contributed by atoms with Gasteiger partial charge in [-0.25, -0.2) is 0 Å². The summed E-state index contributed by atoms with van der Waals surface area (Å²) in [6, 6.07) is 10.1. The van der Waals surface area contributed by atoms with Crippen molar-refractivity contribution in [1.29, 1.82) is 0 Å². The van der Waals surface area contributed by atoms with Gasteiger partial charge in [0.2, 0.25) is 0 Å². The van der Waals surface area contributed by atoms with E-state index in [1.165, 1.54) is 0 Å². The maximum atomic E-state index is 5.24. The lowest BCUT2D eigenvalue weighted by atomic mass is 10.2. The summed E-state index contributed by atoms with van der Waals surface area (Å²) in [6.07, 6.45) is 6.23. The Hall–Kier alpha value is -1.57. The van der Waals surface area contributed by atoms with Gasteiger partial charge in [-0.05, 0) is 24.5 Å². The molecule has 1 aromatic carbocycles. The Kier molecular flexibility index (Phi) is 2.96. The second-order valence-electron chi connectivity index (χ2n) is 3.28. The molecule has 0 saturated carbocycles. The van der Waals surface area contributed by atoms with E-state index in [1.807, 2.05) is 36.4 Å². The highest BCUT2D eigenvalue weighted by Gasteiger charge is 2.00. The first-order valence-electron chi connectivity index (χ1n) is 4.84. The minimum atomic E-state index is 0.554. The van der Waals surface area contributed by atoms with Crippen LogP contribution in [0, 0.1) is 0 Å². The van der Waals surface area contributed by atoms with Crippen molar-refractivity contribution < 1.29 is 4.84 Å². The quantitative estimate of drug-likeness (QED) is 0.667. The van der Waals surface area contributed by atoms with Crippen molar-refractivity contribution in [2.75, 3.05) is 0 Å². The summed E-state index contributed by atoms with van der Waals surface area (Å²) in [5.41, 5.74) is 2.19. The van der Waals surface area contributed by atoms with E-state index >= 15 is 0 Å². The van der Waals surface area contributed by atoms with E-state index < -0.39 is 0 Å². The SMILES string of the molecule is C1=C/C(=N/OCc2ccccc2)CC1. The Morgan fingerprint density at radius 3 is 2.79 bits per heavy atom. The van der Waals surface area contributed by atoms with Crippen LogP contribution in [0.4, 0.5) is 0 Å². The predicted octanol–water partition coefficient (Wildman–Crippen LogP) is 2.91. The van der Waals surface area contributed by atoms with Crippen LogP contribution in [0.1, 0.15) is 18.4 Å². The third-order valence-corrected chi connectivity index (χ3v) is 2.13. The first-order valence-corrected chi connectivity index (χ1v) is 4.84. The molecular formula is C12H13NO. The number of oxime groups is 1. The Morgan fingerprint density at radius 2 is 2.07 bits per heavy atom. The second kappa shape index (κ2) is 4.61. The van der Waals surface area contributed by atoms with E-state index in [9.17, 15) is 0 Å². The number of hydrogen-bond acceptors (Lipinski definition) is 2. The smallest absolute Gasteiger partial charge is 0.142 e. The average molecular weight is 187 g/mol. The summed E-state index contributed by atoms with van der Waals surface area (Å²) < 4.78 is 0. The first-order chi connectivity index (χ1) is 6.95. The summed E-state index contributed by atoms with van der Waals surface area (Å²) in [5, 5.41) is 4.05. The van der Waals surface area contributed by atoms with Gasteiger partial charge in [-0.3, -0.25) is 0 Å². The molecule has 14 heavy (non-hydrogen) atoms. The van der Waals surface area contributed by atoms with E-state index in [1.54, 1.807) is 0 Å². The molecule has 0 aromatic heterocycles. The molecule has 0 fully saturated rings. The zero-order chi connectivity index (χ0) is 9.64. The summed E-state index contributed by atoms with van der Waals surface area (Å²) in [5.74, 6) is 0. The number of rotatable bonds is 3. The maximum absolute atomic E-state index is 5.24. The maximum Gasteiger partial charge on any atom is 0.142 e. The van der Waals surface area contributed by atoms with Crippen molar-refractivity contribution in [3.63, 3.8) is 0 Å². The molecule has 0 radical (unpaired) electrons. The molecule has 0 amide bonds. The van der Waals surface area contributed by atoms with Crippen LogP contribution in [0.15, 0.2) is 47.6 Å². The second-order valence-corrected chi connectivity index (χ2v) is 3.28. The molecule has 1 aliphatic rings. The summed E-state index contributed by atoms with van der Waals surface area (Å²) in [4.78, 5) is 5.24.